The normalized spacial score (nSPS) is 11.4. The first-order chi connectivity index (χ1) is 12.1. The fraction of sp³-hybridized carbons (Fsp3) is 0.316. The van der Waals surface area contributed by atoms with Crippen LogP contribution in [0.5, 0.6) is 23.0 Å². The minimum Gasteiger partial charge on any atom is -0.497 e. The van der Waals surface area contributed by atoms with Gasteiger partial charge in [0.2, 0.25) is 0 Å². The van der Waals surface area contributed by atoms with E-state index in [1.807, 2.05) is 31.2 Å². The Labute approximate surface area is 147 Å². The van der Waals surface area contributed by atoms with Gasteiger partial charge in [-0.25, -0.2) is 0 Å². The van der Waals surface area contributed by atoms with E-state index >= 15 is 0 Å². The van der Waals surface area contributed by atoms with E-state index < -0.39 is 0 Å². The van der Waals surface area contributed by atoms with E-state index in [1.54, 1.807) is 25.3 Å². The second kappa shape index (κ2) is 8.82. The molecule has 0 bridgehead atoms. The Hall–Kier alpha value is -2.89. The van der Waals surface area contributed by atoms with Crippen molar-refractivity contribution >= 4 is 5.91 Å². The van der Waals surface area contributed by atoms with Crippen molar-refractivity contribution in [3.05, 3.63) is 48.0 Å². The van der Waals surface area contributed by atoms with Crippen molar-refractivity contribution in [2.75, 3.05) is 27.9 Å². The molecular weight excluding hydrogens is 322 g/mol. The number of hydrogen-bond acceptors (Lipinski definition) is 5. The molecule has 0 unspecified atom stereocenters. The van der Waals surface area contributed by atoms with E-state index in [1.165, 1.54) is 14.2 Å². The van der Waals surface area contributed by atoms with Gasteiger partial charge in [-0.05, 0) is 43.3 Å². The Kier molecular flexibility index (Phi) is 6.51. The smallest absolute Gasteiger partial charge is 0.259 e. The number of ether oxygens (including phenoxy) is 4. The van der Waals surface area contributed by atoms with Crippen molar-refractivity contribution in [2.24, 2.45) is 0 Å². The van der Waals surface area contributed by atoms with Gasteiger partial charge in [-0.1, -0.05) is 6.07 Å². The summed E-state index contributed by atoms with van der Waals surface area (Å²) in [5, 5.41) is 2.89. The minimum absolute atomic E-state index is 0.204. The van der Waals surface area contributed by atoms with Gasteiger partial charge < -0.3 is 24.3 Å². The fourth-order valence-electron chi connectivity index (χ4n) is 2.31. The number of amides is 1. The summed E-state index contributed by atoms with van der Waals surface area (Å²) in [5.41, 5.74) is 0.365. The van der Waals surface area contributed by atoms with E-state index in [0.29, 0.717) is 29.4 Å². The van der Waals surface area contributed by atoms with E-state index in [0.717, 1.165) is 5.75 Å². The molecule has 6 heteroatoms. The van der Waals surface area contributed by atoms with E-state index in [2.05, 4.69) is 5.32 Å². The lowest BCUT2D eigenvalue weighted by molar-refractivity contribution is 0.0920. The van der Waals surface area contributed by atoms with Crippen LogP contribution in [-0.2, 0) is 0 Å². The van der Waals surface area contributed by atoms with Crippen LogP contribution < -0.4 is 24.3 Å². The average Bonchev–Trinajstić information content (AvgIpc) is 2.65. The Morgan fingerprint density at radius 1 is 0.920 bits per heavy atom. The molecule has 1 amide bonds. The molecule has 134 valence electrons. The third kappa shape index (κ3) is 4.79. The second-order valence-electron chi connectivity index (χ2n) is 5.40. The summed E-state index contributed by atoms with van der Waals surface area (Å²) < 4.78 is 21.3. The van der Waals surface area contributed by atoms with Crippen molar-refractivity contribution in [2.45, 2.75) is 13.0 Å². The molecule has 2 rings (SSSR count). The standard InChI is InChI=1S/C19H23NO5/c1-13(12-25-15-10-8-14(22-2)9-11-15)20-19(21)18-16(23-3)6-5-7-17(18)24-4/h5-11,13H,12H2,1-4H3,(H,20,21)/t13-/m1/s1. The summed E-state index contributed by atoms with van der Waals surface area (Å²) in [6, 6.07) is 12.3. The summed E-state index contributed by atoms with van der Waals surface area (Å²) in [6.07, 6.45) is 0. The highest BCUT2D eigenvalue weighted by Gasteiger charge is 2.19. The summed E-state index contributed by atoms with van der Waals surface area (Å²) in [4.78, 5) is 12.6. The lowest BCUT2D eigenvalue weighted by atomic mass is 10.1. The van der Waals surface area contributed by atoms with Crippen LogP contribution in [0.25, 0.3) is 0 Å². The van der Waals surface area contributed by atoms with Gasteiger partial charge >= 0.3 is 0 Å². The zero-order valence-electron chi connectivity index (χ0n) is 14.9. The van der Waals surface area contributed by atoms with Crippen molar-refractivity contribution < 1.29 is 23.7 Å². The highest BCUT2D eigenvalue weighted by molar-refractivity contribution is 5.99. The van der Waals surface area contributed by atoms with Crippen LogP contribution in [0.4, 0.5) is 0 Å². The molecule has 2 aromatic carbocycles. The summed E-state index contributed by atoms with van der Waals surface area (Å²) in [5.74, 6) is 2.11. The van der Waals surface area contributed by atoms with Crippen LogP contribution in [0.15, 0.2) is 42.5 Å². The Bertz CT molecular complexity index is 677. The molecule has 0 saturated carbocycles. The van der Waals surface area contributed by atoms with Crippen molar-refractivity contribution in [1.29, 1.82) is 0 Å². The van der Waals surface area contributed by atoms with Crippen molar-refractivity contribution in [1.82, 2.24) is 5.32 Å². The topological polar surface area (TPSA) is 66.0 Å². The Balaban J connectivity index is 1.98. The maximum absolute atomic E-state index is 12.6. The highest BCUT2D eigenvalue weighted by Crippen LogP contribution is 2.28. The van der Waals surface area contributed by atoms with Crippen LogP contribution in [0.3, 0.4) is 0 Å². The van der Waals surface area contributed by atoms with Crippen LogP contribution >= 0.6 is 0 Å². The molecule has 0 aliphatic heterocycles. The predicted octanol–water partition coefficient (Wildman–Crippen LogP) is 2.91. The zero-order chi connectivity index (χ0) is 18.2. The molecule has 0 heterocycles. The SMILES string of the molecule is COc1ccc(OC[C@@H](C)NC(=O)c2c(OC)cccc2OC)cc1. The average molecular weight is 345 g/mol. The van der Waals surface area contributed by atoms with Gasteiger partial charge in [0.05, 0.1) is 27.4 Å². The number of carbonyl (C=O) groups is 1. The molecule has 0 aromatic heterocycles. The van der Waals surface area contributed by atoms with Gasteiger partial charge in [-0.2, -0.15) is 0 Å². The largest absolute Gasteiger partial charge is 0.497 e. The maximum atomic E-state index is 12.6. The fourth-order valence-corrected chi connectivity index (χ4v) is 2.31. The quantitative estimate of drug-likeness (QED) is 0.797. The van der Waals surface area contributed by atoms with E-state index in [-0.39, 0.29) is 11.9 Å². The Morgan fingerprint density at radius 2 is 1.48 bits per heavy atom. The first-order valence-electron chi connectivity index (χ1n) is 7.87. The molecule has 0 aliphatic rings. The van der Waals surface area contributed by atoms with Gasteiger partial charge in [0.15, 0.2) is 0 Å². The maximum Gasteiger partial charge on any atom is 0.259 e. The number of hydrogen-bond donors (Lipinski definition) is 1. The molecule has 1 N–H and O–H groups in total. The minimum atomic E-state index is -0.278. The number of nitrogens with one attached hydrogen (secondary N) is 1. The molecule has 0 radical (unpaired) electrons. The first kappa shape index (κ1) is 18.4. The van der Waals surface area contributed by atoms with Gasteiger partial charge in [0, 0.05) is 0 Å². The van der Waals surface area contributed by atoms with Crippen LogP contribution in [-0.4, -0.2) is 39.9 Å². The predicted molar refractivity (Wildman–Crippen MR) is 95.0 cm³/mol. The zero-order valence-corrected chi connectivity index (χ0v) is 14.9. The van der Waals surface area contributed by atoms with Crippen molar-refractivity contribution in [3.8, 4) is 23.0 Å². The molecule has 2 aromatic rings. The molecule has 6 nitrogen and oxygen atoms in total. The molecule has 0 spiro atoms. The summed E-state index contributed by atoms with van der Waals surface area (Å²) in [7, 11) is 4.64. The molecular formula is C19H23NO5. The number of benzene rings is 2. The second-order valence-corrected chi connectivity index (χ2v) is 5.40. The van der Waals surface area contributed by atoms with Gasteiger partial charge in [0.25, 0.3) is 5.91 Å². The lowest BCUT2D eigenvalue weighted by Crippen LogP contribution is -2.37. The molecule has 0 saturated heterocycles. The number of methoxy groups -OCH3 is 3. The van der Waals surface area contributed by atoms with E-state index in [9.17, 15) is 4.79 Å². The first-order valence-corrected chi connectivity index (χ1v) is 7.87. The van der Waals surface area contributed by atoms with Crippen LogP contribution in [0.2, 0.25) is 0 Å². The van der Waals surface area contributed by atoms with Gasteiger partial charge in [-0.3, -0.25) is 4.79 Å². The number of carbonyl (C=O) groups excluding carboxylic acids is 1. The summed E-state index contributed by atoms with van der Waals surface area (Å²) >= 11 is 0. The molecule has 1 atom stereocenters. The lowest BCUT2D eigenvalue weighted by Gasteiger charge is -2.17. The third-order valence-electron chi connectivity index (χ3n) is 3.59. The third-order valence-corrected chi connectivity index (χ3v) is 3.59. The van der Waals surface area contributed by atoms with E-state index in [4.69, 9.17) is 18.9 Å². The molecule has 0 aliphatic carbocycles. The number of rotatable bonds is 8. The Morgan fingerprint density at radius 3 is 2.00 bits per heavy atom. The van der Waals surface area contributed by atoms with Crippen LogP contribution in [0.1, 0.15) is 17.3 Å². The van der Waals surface area contributed by atoms with Crippen molar-refractivity contribution in [3.63, 3.8) is 0 Å². The molecule has 0 fully saturated rings. The highest BCUT2D eigenvalue weighted by atomic mass is 16.5. The van der Waals surface area contributed by atoms with Crippen LogP contribution in [0, 0.1) is 0 Å². The van der Waals surface area contributed by atoms with Gasteiger partial charge in [-0.15, -0.1) is 0 Å². The van der Waals surface area contributed by atoms with Gasteiger partial charge in [0.1, 0.15) is 35.2 Å². The monoisotopic (exact) mass is 345 g/mol. The summed E-state index contributed by atoms with van der Waals surface area (Å²) in [6.45, 7) is 2.19. The molecule has 25 heavy (non-hydrogen) atoms.